The Hall–Kier alpha value is -2.47. The van der Waals surface area contributed by atoms with Crippen molar-refractivity contribution in [3.8, 4) is 0 Å². The molecule has 2 aromatic rings. The lowest BCUT2D eigenvalue weighted by atomic mass is 10.1. The van der Waals surface area contributed by atoms with Crippen LogP contribution in [0.15, 0.2) is 30.5 Å². The van der Waals surface area contributed by atoms with Crippen molar-refractivity contribution in [3.63, 3.8) is 0 Å². The Balaban J connectivity index is 2.44. The smallest absolute Gasteiger partial charge is 0.341 e. The molecule has 1 heterocycles. The fraction of sp³-hybridized carbons (Fsp3) is 0.188. The fourth-order valence-electron chi connectivity index (χ4n) is 1.95. The molecule has 0 saturated heterocycles. The zero-order valence-electron chi connectivity index (χ0n) is 12.6. The Labute approximate surface area is 138 Å². The first-order valence-electron chi connectivity index (χ1n) is 6.87. The Morgan fingerprint density at radius 2 is 2.04 bits per heavy atom. The lowest BCUT2D eigenvalue weighted by Crippen LogP contribution is -2.11. The summed E-state index contributed by atoms with van der Waals surface area (Å²) in [6, 6.07) is 5.67. The Bertz CT molecular complexity index is 748. The molecule has 5 nitrogen and oxygen atoms in total. The van der Waals surface area contributed by atoms with Crippen LogP contribution in [0, 0.1) is 11.2 Å². The van der Waals surface area contributed by atoms with Gasteiger partial charge in [0.1, 0.15) is 11.6 Å². The van der Waals surface area contributed by atoms with Gasteiger partial charge in [-0.3, -0.25) is 0 Å². The predicted octanol–water partition coefficient (Wildman–Crippen LogP) is 4.18. The van der Waals surface area contributed by atoms with Crippen molar-refractivity contribution in [3.05, 3.63) is 52.4 Å². The highest BCUT2D eigenvalue weighted by Crippen LogP contribution is 2.29. The van der Waals surface area contributed by atoms with E-state index < -0.39 is 5.97 Å². The van der Waals surface area contributed by atoms with Crippen LogP contribution in [0.5, 0.6) is 0 Å². The molecule has 1 aromatic heterocycles. The Morgan fingerprint density at radius 1 is 1.39 bits per heavy atom. The maximum atomic E-state index is 13.0. The average Bonchev–Trinajstić information content (AvgIpc) is 2.49. The molecule has 0 aliphatic carbocycles. The second kappa shape index (κ2) is 7.19. The number of carbonyl (C=O) groups excluding carboxylic acids is 1. The number of ether oxygens (including phenoxy) is 1. The monoisotopic (exact) mass is 335 g/mol. The molecule has 0 aliphatic heterocycles. The minimum atomic E-state index is -0.596. The summed E-state index contributed by atoms with van der Waals surface area (Å²) in [5.41, 5.74) is 1.11. The molecule has 0 aliphatic rings. The van der Waals surface area contributed by atoms with Gasteiger partial charge < -0.3 is 15.5 Å². The first-order valence-corrected chi connectivity index (χ1v) is 7.25. The van der Waals surface area contributed by atoms with Crippen LogP contribution in [0.4, 0.5) is 15.9 Å². The summed E-state index contributed by atoms with van der Waals surface area (Å²) in [6.07, 6.45) is 1.29. The van der Waals surface area contributed by atoms with Crippen LogP contribution < -0.4 is 5.32 Å². The SMILES string of the molecule is CCOC(=O)c1cnc(Nc2ccc(F)cc2)c(C(C)=N)c1Cl. The minimum Gasteiger partial charge on any atom is -0.462 e. The number of pyridine rings is 1. The van der Waals surface area contributed by atoms with E-state index in [1.165, 1.54) is 37.4 Å². The molecule has 0 radical (unpaired) electrons. The molecular formula is C16H15ClFN3O2. The maximum Gasteiger partial charge on any atom is 0.341 e. The highest BCUT2D eigenvalue weighted by Gasteiger charge is 2.20. The van der Waals surface area contributed by atoms with Crippen molar-refractivity contribution in [2.45, 2.75) is 13.8 Å². The maximum absolute atomic E-state index is 13.0. The summed E-state index contributed by atoms with van der Waals surface area (Å²) in [5.74, 6) is -0.648. The van der Waals surface area contributed by atoms with Crippen LogP contribution in [-0.4, -0.2) is 23.3 Å². The van der Waals surface area contributed by atoms with E-state index in [4.69, 9.17) is 21.7 Å². The topological polar surface area (TPSA) is 75.1 Å². The third-order valence-corrected chi connectivity index (χ3v) is 3.39. The summed E-state index contributed by atoms with van der Waals surface area (Å²) in [7, 11) is 0. The van der Waals surface area contributed by atoms with Crippen molar-refractivity contribution in [1.29, 1.82) is 5.41 Å². The number of esters is 1. The zero-order chi connectivity index (χ0) is 17.0. The van der Waals surface area contributed by atoms with Crippen LogP contribution in [0.3, 0.4) is 0 Å². The molecule has 0 amide bonds. The molecule has 23 heavy (non-hydrogen) atoms. The van der Waals surface area contributed by atoms with Crippen molar-refractivity contribution in [1.82, 2.24) is 4.98 Å². The lowest BCUT2D eigenvalue weighted by molar-refractivity contribution is 0.0526. The molecule has 1 aromatic carbocycles. The Kier molecular flexibility index (Phi) is 5.28. The minimum absolute atomic E-state index is 0.0931. The number of nitrogens with zero attached hydrogens (tertiary/aromatic N) is 1. The summed E-state index contributed by atoms with van der Waals surface area (Å²) >= 11 is 6.25. The lowest BCUT2D eigenvalue weighted by Gasteiger charge is -2.14. The van der Waals surface area contributed by atoms with Gasteiger partial charge in [-0.1, -0.05) is 11.6 Å². The highest BCUT2D eigenvalue weighted by molar-refractivity contribution is 6.37. The highest BCUT2D eigenvalue weighted by atomic mass is 35.5. The predicted molar refractivity (Wildman–Crippen MR) is 87.4 cm³/mol. The van der Waals surface area contributed by atoms with Gasteiger partial charge in [-0.2, -0.15) is 0 Å². The number of aromatic nitrogens is 1. The van der Waals surface area contributed by atoms with E-state index >= 15 is 0 Å². The second-order valence-corrected chi connectivity index (χ2v) is 5.06. The van der Waals surface area contributed by atoms with Gasteiger partial charge in [0.2, 0.25) is 0 Å². The van der Waals surface area contributed by atoms with Crippen molar-refractivity contribution >= 4 is 34.8 Å². The number of carbonyl (C=O) groups is 1. The molecule has 2 N–H and O–H groups in total. The third kappa shape index (κ3) is 3.84. The zero-order valence-corrected chi connectivity index (χ0v) is 13.4. The number of rotatable bonds is 5. The van der Waals surface area contributed by atoms with E-state index in [0.717, 1.165) is 0 Å². The van der Waals surface area contributed by atoms with Gasteiger partial charge in [-0.05, 0) is 38.1 Å². The van der Waals surface area contributed by atoms with E-state index in [-0.39, 0.29) is 28.7 Å². The molecule has 7 heteroatoms. The number of halogens is 2. The number of benzene rings is 1. The summed E-state index contributed by atoms with van der Waals surface area (Å²) in [4.78, 5) is 16.0. The van der Waals surface area contributed by atoms with Gasteiger partial charge >= 0.3 is 5.97 Å². The normalized spacial score (nSPS) is 10.3. The molecule has 0 bridgehead atoms. The first kappa shape index (κ1) is 16.9. The van der Waals surface area contributed by atoms with Crippen molar-refractivity contribution in [2.75, 3.05) is 11.9 Å². The average molecular weight is 336 g/mol. The standard InChI is InChI=1S/C16H15ClFN3O2/c1-3-23-16(22)12-8-20-15(13(9(2)19)14(12)17)21-11-6-4-10(18)5-7-11/h4-8,19H,3H2,1-2H3,(H,20,21). The van der Waals surface area contributed by atoms with E-state index in [1.807, 2.05) is 0 Å². The van der Waals surface area contributed by atoms with Gasteiger partial charge in [0.05, 0.1) is 22.8 Å². The second-order valence-electron chi connectivity index (χ2n) is 4.69. The first-order chi connectivity index (χ1) is 10.9. The van der Waals surface area contributed by atoms with Gasteiger partial charge in [0.15, 0.2) is 0 Å². The quantitative estimate of drug-likeness (QED) is 0.635. The van der Waals surface area contributed by atoms with Crippen LogP contribution in [0.25, 0.3) is 0 Å². The Morgan fingerprint density at radius 3 is 2.61 bits per heavy atom. The van der Waals surface area contributed by atoms with Crippen LogP contribution in [0.2, 0.25) is 5.02 Å². The van der Waals surface area contributed by atoms with E-state index in [0.29, 0.717) is 17.1 Å². The van der Waals surface area contributed by atoms with Crippen LogP contribution in [0.1, 0.15) is 29.8 Å². The summed E-state index contributed by atoms with van der Waals surface area (Å²) in [6.45, 7) is 3.43. The number of hydrogen-bond donors (Lipinski definition) is 2. The van der Waals surface area contributed by atoms with Crippen molar-refractivity contribution < 1.29 is 13.9 Å². The number of hydrogen-bond acceptors (Lipinski definition) is 5. The van der Waals surface area contributed by atoms with E-state index in [1.54, 1.807) is 6.92 Å². The number of anilines is 2. The molecule has 120 valence electrons. The summed E-state index contributed by atoms with van der Waals surface area (Å²) < 4.78 is 17.9. The molecule has 0 unspecified atom stereocenters. The molecule has 0 saturated carbocycles. The van der Waals surface area contributed by atoms with Crippen LogP contribution >= 0.6 is 11.6 Å². The van der Waals surface area contributed by atoms with Crippen molar-refractivity contribution in [2.24, 2.45) is 0 Å². The fourth-order valence-corrected chi connectivity index (χ4v) is 2.30. The van der Waals surface area contributed by atoms with E-state index in [2.05, 4.69) is 10.3 Å². The van der Waals surface area contributed by atoms with Gasteiger partial charge in [0.25, 0.3) is 0 Å². The molecule has 0 fully saturated rings. The largest absolute Gasteiger partial charge is 0.462 e. The number of nitrogens with one attached hydrogen (secondary N) is 2. The molecular weight excluding hydrogens is 321 g/mol. The van der Waals surface area contributed by atoms with Gasteiger partial charge in [-0.25, -0.2) is 14.2 Å². The molecule has 0 atom stereocenters. The van der Waals surface area contributed by atoms with Crippen LogP contribution in [-0.2, 0) is 4.74 Å². The van der Waals surface area contributed by atoms with Gasteiger partial charge in [0, 0.05) is 17.6 Å². The van der Waals surface area contributed by atoms with Gasteiger partial charge in [-0.15, -0.1) is 0 Å². The molecule has 2 rings (SSSR count). The summed E-state index contributed by atoms with van der Waals surface area (Å²) in [5, 5.41) is 10.9. The third-order valence-electron chi connectivity index (χ3n) is 2.99. The molecule has 0 spiro atoms. The van der Waals surface area contributed by atoms with E-state index in [9.17, 15) is 9.18 Å².